The second-order valence-electron chi connectivity index (χ2n) is 6.26. The minimum absolute atomic E-state index is 0.548. The van der Waals surface area contributed by atoms with Crippen LogP contribution in [0.15, 0.2) is 0 Å². The van der Waals surface area contributed by atoms with Gasteiger partial charge in [0, 0.05) is 0 Å². The van der Waals surface area contributed by atoms with E-state index in [0.29, 0.717) is 6.10 Å². The third-order valence-corrected chi connectivity index (χ3v) is 4.88. The highest BCUT2D eigenvalue weighted by atomic mass is 16.5. The van der Waals surface area contributed by atoms with Crippen molar-refractivity contribution in [2.24, 2.45) is 23.5 Å². The Kier molecular flexibility index (Phi) is 5.30. The predicted molar refractivity (Wildman–Crippen MR) is 71.9 cm³/mol. The van der Waals surface area contributed by atoms with Crippen molar-refractivity contribution in [3.63, 3.8) is 0 Å². The van der Waals surface area contributed by atoms with E-state index < -0.39 is 0 Å². The van der Waals surface area contributed by atoms with Crippen molar-refractivity contribution in [1.29, 1.82) is 0 Å². The second kappa shape index (κ2) is 6.75. The fourth-order valence-corrected chi connectivity index (χ4v) is 3.47. The molecular formula is C15H29NO. The summed E-state index contributed by atoms with van der Waals surface area (Å²) in [5, 5.41) is 0. The van der Waals surface area contributed by atoms with Crippen LogP contribution in [0.4, 0.5) is 0 Å². The predicted octanol–water partition coefficient (Wildman–Crippen LogP) is 3.35. The van der Waals surface area contributed by atoms with Gasteiger partial charge in [-0.05, 0) is 62.8 Å². The van der Waals surface area contributed by atoms with Gasteiger partial charge in [0.25, 0.3) is 0 Å². The third kappa shape index (κ3) is 3.96. The molecule has 2 N–H and O–H groups in total. The standard InChI is InChI=1S/C15H29NO/c1-12-6-8-15(9-7-12)17-11-14-5-3-2-4-13(14)10-16/h12-15H,2-11,16H2,1H3. The molecule has 2 atom stereocenters. The zero-order valence-corrected chi connectivity index (χ0v) is 11.4. The fraction of sp³-hybridized carbons (Fsp3) is 1.00. The minimum Gasteiger partial charge on any atom is -0.378 e. The van der Waals surface area contributed by atoms with Crippen molar-refractivity contribution >= 4 is 0 Å². The second-order valence-corrected chi connectivity index (χ2v) is 6.26. The Bertz CT molecular complexity index is 211. The maximum Gasteiger partial charge on any atom is 0.0575 e. The number of hydrogen-bond acceptors (Lipinski definition) is 2. The van der Waals surface area contributed by atoms with E-state index in [9.17, 15) is 0 Å². The highest BCUT2D eigenvalue weighted by Crippen LogP contribution is 2.31. The molecule has 0 saturated heterocycles. The van der Waals surface area contributed by atoms with Crippen LogP contribution in [-0.4, -0.2) is 19.3 Å². The first-order valence-electron chi connectivity index (χ1n) is 7.61. The van der Waals surface area contributed by atoms with E-state index in [-0.39, 0.29) is 0 Å². The van der Waals surface area contributed by atoms with E-state index in [4.69, 9.17) is 10.5 Å². The minimum atomic E-state index is 0.548. The first kappa shape index (κ1) is 13.4. The molecule has 0 radical (unpaired) electrons. The van der Waals surface area contributed by atoms with Gasteiger partial charge in [0.2, 0.25) is 0 Å². The average Bonchev–Trinajstić information content (AvgIpc) is 2.38. The van der Waals surface area contributed by atoms with Crippen LogP contribution in [0, 0.1) is 17.8 Å². The van der Waals surface area contributed by atoms with E-state index in [1.54, 1.807) is 0 Å². The summed E-state index contributed by atoms with van der Waals surface area (Å²) in [5.74, 6) is 2.39. The Morgan fingerprint density at radius 3 is 2.24 bits per heavy atom. The molecule has 2 aliphatic rings. The van der Waals surface area contributed by atoms with Gasteiger partial charge in [-0.2, -0.15) is 0 Å². The average molecular weight is 239 g/mol. The van der Waals surface area contributed by atoms with E-state index >= 15 is 0 Å². The molecule has 0 aromatic carbocycles. The van der Waals surface area contributed by atoms with Gasteiger partial charge in [-0.15, -0.1) is 0 Å². The molecule has 100 valence electrons. The Balaban J connectivity index is 1.69. The van der Waals surface area contributed by atoms with Gasteiger partial charge in [-0.3, -0.25) is 0 Å². The molecule has 0 heterocycles. The highest BCUT2D eigenvalue weighted by Gasteiger charge is 2.26. The maximum atomic E-state index is 6.15. The quantitative estimate of drug-likeness (QED) is 0.816. The molecule has 0 aliphatic heterocycles. The molecule has 2 saturated carbocycles. The summed E-state index contributed by atoms with van der Waals surface area (Å²) < 4.78 is 6.15. The van der Waals surface area contributed by atoms with Crippen LogP contribution in [0.5, 0.6) is 0 Å². The summed E-state index contributed by atoms with van der Waals surface area (Å²) in [7, 11) is 0. The van der Waals surface area contributed by atoms with Crippen LogP contribution in [-0.2, 0) is 4.74 Å². The van der Waals surface area contributed by atoms with E-state index in [1.165, 1.54) is 51.4 Å². The normalized spacial score (nSPS) is 39.2. The molecule has 17 heavy (non-hydrogen) atoms. The monoisotopic (exact) mass is 239 g/mol. The van der Waals surface area contributed by atoms with E-state index in [2.05, 4.69) is 6.92 Å². The van der Waals surface area contributed by atoms with Crippen LogP contribution < -0.4 is 5.73 Å². The lowest BCUT2D eigenvalue weighted by Crippen LogP contribution is -2.32. The molecule has 0 bridgehead atoms. The van der Waals surface area contributed by atoms with Crippen molar-refractivity contribution in [3.8, 4) is 0 Å². The van der Waals surface area contributed by atoms with Gasteiger partial charge >= 0.3 is 0 Å². The number of ether oxygens (including phenoxy) is 1. The lowest BCUT2D eigenvalue weighted by atomic mass is 9.79. The lowest BCUT2D eigenvalue weighted by Gasteiger charge is -2.33. The zero-order valence-electron chi connectivity index (χ0n) is 11.4. The van der Waals surface area contributed by atoms with Gasteiger partial charge in [0.1, 0.15) is 0 Å². The number of rotatable bonds is 4. The van der Waals surface area contributed by atoms with Crippen LogP contribution in [0.3, 0.4) is 0 Å². The van der Waals surface area contributed by atoms with Gasteiger partial charge in [-0.25, -0.2) is 0 Å². The smallest absolute Gasteiger partial charge is 0.0575 e. The molecule has 0 amide bonds. The van der Waals surface area contributed by atoms with Crippen molar-refractivity contribution in [2.45, 2.75) is 64.4 Å². The summed E-state index contributed by atoms with van der Waals surface area (Å²) in [4.78, 5) is 0. The summed E-state index contributed by atoms with van der Waals surface area (Å²) in [6.45, 7) is 4.19. The summed E-state index contributed by atoms with van der Waals surface area (Å²) in [6, 6.07) is 0. The molecule has 2 aliphatic carbocycles. The molecule has 2 heteroatoms. The molecule has 0 spiro atoms. The van der Waals surface area contributed by atoms with Crippen LogP contribution in [0.2, 0.25) is 0 Å². The maximum absolute atomic E-state index is 6.15. The van der Waals surface area contributed by atoms with Crippen LogP contribution >= 0.6 is 0 Å². The van der Waals surface area contributed by atoms with Crippen molar-refractivity contribution in [2.75, 3.05) is 13.2 Å². The van der Waals surface area contributed by atoms with E-state index in [0.717, 1.165) is 30.9 Å². The molecule has 2 rings (SSSR count). The van der Waals surface area contributed by atoms with Crippen molar-refractivity contribution in [1.82, 2.24) is 0 Å². The Morgan fingerprint density at radius 2 is 1.59 bits per heavy atom. The van der Waals surface area contributed by atoms with Crippen molar-refractivity contribution in [3.05, 3.63) is 0 Å². The third-order valence-electron chi connectivity index (χ3n) is 4.88. The topological polar surface area (TPSA) is 35.2 Å². The van der Waals surface area contributed by atoms with Gasteiger partial charge in [-0.1, -0.05) is 19.8 Å². The highest BCUT2D eigenvalue weighted by molar-refractivity contribution is 4.77. The SMILES string of the molecule is CC1CCC(OCC2CCCCC2CN)CC1. The van der Waals surface area contributed by atoms with Gasteiger partial charge in [0.05, 0.1) is 12.7 Å². The molecule has 0 aromatic rings. The lowest BCUT2D eigenvalue weighted by molar-refractivity contribution is -0.0167. The first-order valence-corrected chi connectivity index (χ1v) is 7.61. The summed E-state index contributed by atoms with van der Waals surface area (Å²) in [5.41, 5.74) is 5.87. The Hall–Kier alpha value is -0.0800. The number of nitrogens with two attached hydrogens (primary N) is 1. The van der Waals surface area contributed by atoms with Gasteiger partial charge in [0.15, 0.2) is 0 Å². The summed E-state index contributed by atoms with van der Waals surface area (Å²) in [6.07, 6.45) is 11.2. The largest absolute Gasteiger partial charge is 0.378 e. The van der Waals surface area contributed by atoms with Crippen molar-refractivity contribution < 1.29 is 4.74 Å². The fourth-order valence-electron chi connectivity index (χ4n) is 3.47. The van der Waals surface area contributed by atoms with Crippen LogP contribution in [0.25, 0.3) is 0 Å². The summed E-state index contributed by atoms with van der Waals surface area (Å²) >= 11 is 0. The zero-order chi connectivity index (χ0) is 12.1. The Morgan fingerprint density at radius 1 is 0.941 bits per heavy atom. The van der Waals surface area contributed by atoms with E-state index in [1.807, 2.05) is 0 Å². The Labute approximate surface area is 106 Å². The number of hydrogen-bond donors (Lipinski definition) is 1. The van der Waals surface area contributed by atoms with Gasteiger partial charge < -0.3 is 10.5 Å². The molecule has 2 fully saturated rings. The molecule has 2 unspecified atom stereocenters. The van der Waals surface area contributed by atoms with Crippen LogP contribution in [0.1, 0.15) is 58.3 Å². The molecule has 2 nitrogen and oxygen atoms in total. The molecular weight excluding hydrogens is 210 g/mol. The molecule has 0 aromatic heterocycles. The first-order chi connectivity index (χ1) is 8.29.